The van der Waals surface area contributed by atoms with Crippen molar-refractivity contribution in [2.24, 2.45) is 0 Å². The number of carbonyl (C=O) groups excluding carboxylic acids is 2. The number of hydrogen-bond donors (Lipinski definition) is 1. The first-order valence-electron chi connectivity index (χ1n) is 13.8. The highest BCUT2D eigenvalue weighted by atomic mass is 79.9. The van der Waals surface area contributed by atoms with Crippen molar-refractivity contribution in [3.05, 3.63) is 125 Å². The van der Waals surface area contributed by atoms with Crippen molar-refractivity contribution in [2.45, 2.75) is 30.8 Å². The van der Waals surface area contributed by atoms with Gasteiger partial charge in [0, 0.05) is 30.0 Å². The van der Waals surface area contributed by atoms with Gasteiger partial charge in [-0.1, -0.05) is 82.7 Å². The smallest absolute Gasteiger partial charge is 0.264 e. The van der Waals surface area contributed by atoms with E-state index in [0.717, 1.165) is 19.9 Å². The van der Waals surface area contributed by atoms with Crippen LogP contribution in [0.3, 0.4) is 0 Å². The number of anilines is 1. The molecule has 0 aliphatic heterocycles. The largest absolute Gasteiger partial charge is 0.497 e. The molecule has 0 aliphatic rings. The third-order valence-electron chi connectivity index (χ3n) is 6.84. The van der Waals surface area contributed by atoms with Crippen molar-refractivity contribution >= 4 is 43.5 Å². The van der Waals surface area contributed by atoms with E-state index in [1.54, 1.807) is 42.5 Å². The average Bonchev–Trinajstić information content (AvgIpc) is 3.03. The van der Waals surface area contributed by atoms with Gasteiger partial charge in [0.15, 0.2) is 0 Å². The Bertz CT molecular complexity index is 1620. The fourth-order valence-electron chi connectivity index (χ4n) is 4.65. The molecule has 4 aromatic carbocycles. The van der Waals surface area contributed by atoms with Crippen LogP contribution >= 0.6 is 15.9 Å². The van der Waals surface area contributed by atoms with E-state index in [2.05, 4.69) is 21.2 Å². The van der Waals surface area contributed by atoms with Crippen LogP contribution < -0.4 is 14.4 Å². The highest BCUT2D eigenvalue weighted by Gasteiger charge is 2.34. The molecule has 0 saturated heterocycles. The number of halogens is 1. The summed E-state index contributed by atoms with van der Waals surface area (Å²) in [6, 6.07) is 30.5. The quantitative estimate of drug-likeness (QED) is 0.206. The third kappa shape index (κ3) is 8.24. The first-order valence-corrected chi connectivity index (χ1v) is 16.0. The minimum atomic E-state index is -4.18. The third-order valence-corrected chi connectivity index (χ3v) is 9.16. The molecule has 2 amide bonds. The second-order valence-electron chi connectivity index (χ2n) is 9.77. The molecule has 0 saturated carbocycles. The van der Waals surface area contributed by atoms with Crippen LogP contribution in [0.25, 0.3) is 0 Å². The maximum atomic E-state index is 14.4. The van der Waals surface area contributed by atoms with E-state index >= 15 is 0 Å². The second-order valence-corrected chi connectivity index (χ2v) is 12.6. The summed E-state index contributed by atoms with van der Waals surface area (Å²) in [6.45, 7) is 1.75. The molecule has 0 fully saturated rings. The molecular weight excluding hydrogens is 630 g/mol. The summed E-state index contributed by atoms with van der Waals surface area (Å²) in [5.74, 6) is -0.415. The number of hydrogen-bond acceptors (Lipinski definition) is 5. The molecule has 4 aromatic rings. The number of carbonyl (C=O) groups is 2. The molecule has 4 rings (SSSR count). The van der Waals surface area contributed by atoms with Gasteiger partial charge in [0.1, 0.15) is 18.3 Å². The summed E-state index contributed by atoms with van der Waals surface area (Å²) >= 11 is 3.44. The van der Waals surface area contributed by atoms with Crippen molar-refractivity contribution in [3.8, 4) is 5.75 Å². The Balaban J connectivity index is 1.79. The van der Waals surface area contributed by atoms with Crippen LogP contribution in [0.5, 0.6) is 5.75 Å². The van der Waals surface area contributed by atoms with Gasteiger partial charge in [-0.2, -0.15) is 0 Å². The van der Waals surface area contributed by atoms with Crippen LogP contribution in [-0.2, 0) is 32.6 Å². The lowest BCUT2D eigenvalue weighted by atomic mass is 10.0. The molecule has 0 bridgehead atoms. The van der Waals surface area contributed by atoms with E-state index < -0.39 is 28.5 Å². The standard InChI is InChI=1S/C33H34BrN3O5S/c1-3-35-33(39)31(21-25-11-6-4-7-12-25)36(23-26-17-19-27(34)20-18-26)32(38)24-37(28-13-10-14-29(22-28)42-2)43(40,41)30-15-8-5-9-16-30/h4-20,22,31H,3,21,23-24H2,1-2H3,(H,35,39). The van der Waals surface area contributed by atoms with Gasteiger partial charge in [-0.15, -0.1) is 0 Å². The molecule has 43 heavy (non-hydrogen) atoms. The Hall–Kier alpha value is -4.15. The molecular formula is C33H34BrN3O5S. The number of likely N-dealkylation sites (N-methyl/N-ethyl adjacent to an activating group) is 1. The summed E-state index contributed by atoms with van der Waals surface area (Å²) < 4.78 is 35.3. The normalized spacial score (nSPS) is 11.8. The van der Waals surface area contributed by atoms with Crippen molar-refractivity contribution in [1.82, 2.24) is 10.2 Å². The topological polar surface area (TPSA) is 96.0 Å². The zero-order valence-corrected chi connectivity index (χ0v) is 26.4. The van der Waals surface area contributed by atoms with E-state index in [1.165, 1.54) is 24.1 Å². The minimum Gasteiger partial charge on any atom is -0.497 e. The van der Waals surface area contributed by atoms with Gasteiger partial charge >= 0.3 is 0 Å². The van der Waals surface area contributed by atoms with Gasteiger partial charge < -0.3 is 15.0 Å². The summed E-state index contributed by atoms with van der Waals surface area (Å²) in [4.78, 5) is 29.4. The number of rotatable bonds is 13. The van der Waals surface area contributed by atoms with E-state index in [4.69, 9.17) is 4.74 Å². The van der Waals surface area contributed by atoms with Crippen molar-refractivity contribution in [1.29, 1.82) is 0 Å². The SMILES string of the molecule is CCNC(=O)C(Cc1ccccc1)N(Cc1ccc(Br)cc1)C(=O)CN(c1cccc(OC)c1)S(=O)(=O)c1ccccc1. The number of benzene rings is 4. The fourth-order valence-corrected chi connectivity index (χ4v) is 6.34. The number of methoxy groups -OCH3 is 1. The van der Waals surface area contributed by atoms with E-state index in [1.807, 2.05) is 61.5 Å². The van der Waals surface area contributed by atoms with Crippen molar-refractivity contribution < 1.29 is 22.7 Å². The Morgan fingerprint density at radius 3 is 2.14 bits per heavy atom. The monoisotopic (exact) mass is 663 g/mol. The van der Waals surface area contributed by atoms with E-state index in [-0.39, 0.29) is 29.5 Å². The summed E-state index contributed by atoms with van der Waals surface area (Å²) in [5.41, 5.74) is 1.92. The second kappa shape index (κ2) is 14.8. The number of nitrogens with zero attached hydrogens (tertiary/aromatic N) is 2. The summed E-state index contributed by atoms with van der Waals surface area (Å²) in [6.07, 6.45) is 0.250. The van der Waals surface area contributed by atoms with E-state index in [9.17, 15) is 18.0 Å². The van der Waals surface area contributed by atoms with Crippen LogP contribution in [-0.4, -0.2) is 51.4 Å². The predicted molar refractivity (Wildman–Crippen MR) is 171 cm³/mol. The Kier molecular flexibility index (Phi) is 11.0. The van der Waals surface area contributed by atoms with E-state index in [0.29, 0.717) is 12.3 Å². The molecule has 0 heterocycles. The van der Waals surface area contributed by atoms with Crippen molar-refractivity contribution in [2.75, 3.05) is 24.5 Å². The number of sulfonamides is 1. The molecule has 0 aromatic heterocycles. The van der Waals surface area contributed by atoms with Gasteiger partial charge in [-0.3, -0.25) is 13.9 Å². The Labute approximate surface area is 261 Å². The molecule has 1 N–H and O–H groups in total. The maximum absolute atomic E-state index is 14.4. The van der Waals surface area contributed by atoms with Gasteiger partial charge in [0.05, 0.1) is 17.7 Å². The fraction of sp³-hybridized carbons (Fsp3) is 0.212. The minimum absolute atomic E-state index is 0.0367. The van der Waals surface area contributed by atoms with Gasteiger partial charge in [-0.05, 0) is 54.4 Å². The van der Waals surface area contributed by atoms with Crippen LogP contribution in [0.4, 0.5) is 5.69 Å². The molecule has 224 valence electrons. The highest BCUT2D eigenvalue weighted by molar-refractivity contribution is 9.10. The lowest BCUT2D eigenvalue weighted by Crippen LogP contribution is -2.53. The van der Waals surface area contributed by atoms with Gasteiger partial charge in [0.2, 0.25) is 11.8 Å². The zero-order chi connectivity index (χ0) is 30.8. The molecule has 1 unspecified atom stereocenters. The first-order chi connectivity index (χ1) is 20.7. The highest BCUT2D eigenvalue weighted by Crippen LogP contribution is 2.28. The average molecular weight is 665 g/mol. The zero-order valence-electron chi connectivity index (χ0n) is 24.0. The lowest BCUT2D eigenvalue weighted by molar-refractivity contribution is -0.140. The molecule has 8 nitrogen and oxygen atoms in total. The Morgan fingerprint density at radius 1 is 0.860 bits per heavy atom. The molecule has 0 radical (unpaired) electrons. The van der Waals surface area contributed by atoms with Gasteiger partial charge in [0.25, 0.3) is 10.0 Å². The van der Waals surface area contributed by atoms with Crippen molar-refractivity contribution in [3.63, 3.8) is 0 Å². The molecule has 0 aliphatic carbocycles. The predicted octanol–water partition coefficient (Wildman–Crippen LogP) is 5.43. The van der Waals surface area contributed by atoms with Crippen LogP contribution in [0.15, 0.2) is 119 Å². The molecule has 10 heteroatoms. The summed E-state index contributed by atoms with van der Waals surface area (Å²) in [7, 11) is -2.69. The Morgan fingerprint density at radius 2 is 1.51 bits per heavy atom. The first kappa shape index (κ1) is 31.8. The van der Waals surface area contributed by atoms with Crippen LogP contribution in [0.2, 0.25) is 0 Å². The van der Waals surface area contributed by atoms with Crippen LogP contribution in [0, 0.1) is 0 Å². The number of ether oxygens (including phenoxy) is 1. The maximum Gasteiger partial charge on any atom is 0.264 e. The molecule has 1 atom stereocenters. The lowest BCUT2D eigenvalue weighted by Gasteiger charge is -2.34. The van der Waals surface area contributed by atoms with Gasteiger partial charge in [-0.25, -0.2) is 8.42 Å². The number of nitrogens with one attached hydrogen (secondary N) is 1. The molecule has 0 spiro atoms. The van der Waals surface area contributed by atoms with Crippen LogP contribution in [0.1, 0.15) is 18.1 Å². The summed E-state index contributed by atoms with van der Waals surface area (Å²) in [5, 5.41) is 2.86. The number of amides is 2.